The fourth-order valence-corrected chi connectivity index (χ4v) is 1.53. The first-order valence-corrected chi connectivity index (χ1v) is 4.83. The summed E-state index contributed by atoms with van der Waals surface area (Å²) in [7, 11) is -3.62. The molecule has 1 unspecified atom stereocenters. The number of aliphatic hydroxyl groups excluding tert-OH is 1. The van der Waals surface area contributed by atoms with Crippen LogP contribution < -0.4 is 35.3 Å². The Kier molecular flexibility index (Phi) is 9.25. The van der Waals surface area contributed by atoms with Crippen molar-refractivity contribution in [1.82, 2.24) is 0 Å². The molecule has 0 saturated heterocycles. The van der Waals surface area contributed by atoms with Gasteiger partial charge in [0.05, 0.1) is 5.75 Å². The molecular weight excluding hydrogens is 193 g/mol. The molecule has 12 heavy (non-hydrogen) atoms. The van der Waals surface area contributed by atoms with Gasteiger partial charge in [0.15, 0.2) is 6.79 Å². The van der Waals surface area contributed by atoms with Crippen molar-refractivity contribution in [3.63, 3.8) is 0 Å². The first-order chi connectivity index (χ1) is 5.02. The fraction of sp³-hybridized carbons (Fsp3) is 1.00. The SMILES string of the molecule is CCC(N)CS(=O)(=O)OCO.[H-].[Na+]. The third-order valence-electron chi connectivity index (χ3n) is 1.17. The van der Waals surface area contributed by atoms with E-state index in [0.29, 0.717) is 6.42 Å². The van der Waals surface area contributed by atoms with Gasteiger partial charge in [-0.05, 0) is 6.42 Å². The number of hydrogen-bond acceptors (Lipinski definition) is 5. The predicted molar refractivity (Wildman–Crippen MR) is 41.3 cm³/mol. The van der Waals surface area contributed by atoms with E-state index >= 15 is 0 Å². The smallest absolute Gasteiger partial charge is 1.00 e. The van der Waals surface area contributed by atoms with Gasteiger partial charge in [0.1, 0.15) is 0 Å². The molecule has 0 spiro atoms. The van der Waals surface area contributed by atoms with Gasteiger partial charge in [-0.3, -0.25) is 0 Å². The molecule has 0 aliphatic rings. The minimum atomic E-state index is -3.62. The molecule has 0 aromatic rings. The van der Waals surface area contributed by atoms with Gasteiger partial charge in [-0.15, -0.1) is 0 Å². The molecule has 0 radical (unpaired) electrons. The van der Waals surface area contributed by atoms with E-state index in [4.69, 9.17) is 10.8 Å². The molecule has 0 saturated carbocycles. The summed E-state index contributed by atoms with van der Waals surface area (Å²) in [6, 6.07) is -0.424. The summed E-state index contributed by atoms with van der Waals surface area (Å²) in [5.41, 5.74) is 5.35. The van der Waals surface area contributed by atoms with Gasteiger partial charge in [0.25, 0.3) is 10.1 Å². The topological polar surface area (TPSA) is 89.6 Å². The standard InChI is InChI=1S/C5H13NO4S.Na.H/c1-2-5(6)3-11(8,9)10-4-7;;/h5,7H,2-4,6H2,1H3;;/q;+1;-1. The zero-order valence-electron chi connectivity index (χ0n) is 8.36. The monoisotopic (exact) mass is 207 g/mol. The summed E-state index contributed by atoms with van der Waals surface area (Å²) in [4.78, 5) is 0. The Bertz CT molecular complexity index is 199. The van der Waals surface area contributed by atoms with E-state index in [0.717, 1.165) is 0 Å². The molecular formula is C5H14NNaO4S. The van der Waals surface area contributed by atoms with Gasteiger partial charge in [0, 0.05) is 6.04 Å². The van der Waals surface area contributed by atoms with Crippen LogP contribution in [0, 0.1) is 0 Å². The van der Waals surface area contributed by atoms with Crippen LogP contribution in [0.4, 0.5) is 0 Å². The second-order valence-corrected chi connectivity index (χ2v) is 3.82. The maximum atomic E-state index is 10.7. The Morgan fingerprint density at radius 1 is 1.67 bits per heavy atom. The van der Waals surface area contributed by atoms with Crippen molar-refractivity contribution >= 4 is 10.1 Å². The van der Waals surface area contributed by atoms with E-state index in [1.54, 1.807) is 6.92 Å². The van der Waals surface area contributed by atoms with Crippen molar-refractivity contribution in [2.45, 2.75) is 19.4 Å². The van der Waals surface area contributed by atoms with Crippen molar-refractivity contribution in [1.29, 1.82) is 0 Å². The number of aliphatic hydroxyl groups is 1. The predicted octanol–water partition coefficient (Wildman–Crippen LogP) is -3.86. The zero-order chi connectivity index (χ0) is 8.91. The molecule has 0 bridgehead atoms. The minimum Gasteiger partial charge on any atom is -1.00 e. The first-order valence-electron chi connectivity index (χ1n) is 3.25. The molecule has 0 aliphatic heterocycles. The molecule has 5 nitrogen and oxygen atoms in total. The van der Waals surface area contributed by atoms with Gasteiger partial charge in [-0.1, -0.05) is 6.92 Å². The normalized spacial score (nSPS) is 13.6. The molecule has 0 aromatic heterocycles. The van der Waals surface area contributed by atoms with Crippen LogP contribution in [0.25, 0.3) is 0 Å². The van der Waals surface area contributed by atoms with E-state index in [9.17, 15) is 8.42 Å². The Morgan fingerprint density at radius 2 is 2.17 bits per heavy atom. The molecule has 0 rings (SSSR count). The fourth-order valence-electron chi connectivity index (χ4n) is 0.508. The van der Waals surface area contributed by atoms with Crippen LogP contribution in [0.5, 0.6) is 0 Å². The maximum absolute atomic E-state index is 10.7. The van der Waals surface area contributed by atoms with Gasteiger partial charge >= 0.3 is 29.6 Å². The van der Waals surface area contributed by atoms with E-state index in [1.165, 1.54) is 0 Å². The molecule has 3 N–H and O–H groups in total. The molecule has 7 heteroatoms. The number of hydrogen-bond donors (Lipinski definition) is 2. The van der Waals surface area contributed by atoms with Crippen molar-refractivity contribution in [2.24, 2.45) is 5.73 Å². The van der Waals surface area contributed by atoms with E-state index in [2.05, 4.69) is 4.18 Å². The van der Waals surface area contributed by atoms with Crippen LogP contribution in [0.3, 0.4) is 0 Å². The zero-order valence-corrected chi connectivity index (χ0v) is 10.2. The summed E-state index contributed by atoms with van der Waals surface area (Å²) in [6.07, 6.45) is 0.564. The van der Waals surface area contributed by atoms with Crippen LogP contribution in [0.15, 0.2) is 0 Å². The van der Waals surface area contributed by atoms with E-state index in [-0.39, 0.29) is 36.7 Å². The third kappa shape index (κ3) is 7.48. The van der Waals surface area contributed by atoms with Crippen molar-refractivity contribution in [2.75, 3.05) is 12.5 Å². The van der Waals surface area contributed by atoms with Crippen molar-refractivity contribution in [3.8, 4) is 0 Å². The van der Waals surface area contributed by atoms with Crippen LogP contribution in [-0.4, -0.2) is 32.1 Å². The average molecular weight is 207 g/mol. The number of nitrogens with two attached hydrogens (primary N) is 1. The van der Waals surface area contributed by atoms with Gasteiger partial charge in [-0.25, -0.2) is 4.18 Å². The molecule has 0 aromatic carbocycles. The Morgan fingerprint density at radius 3 is 2.50 bits per heavy atom. The Balaban J connectivity index is -0.000000500. The summed E-state index contributed by atoms with van der Waals surface area (Å²) >= 11 is 0. The minimum absolute atomic E-state index is 0. The Hall–Kier alpha value is 0.830. The second kappa shape index (κ2) is 7.25. The summed E-state index contributed by atoms with van der Waals surface area (Å²) in [6.45, 7) is 0.956. The van der Waals surface area contributed by atoms with Crippen molar-refractivity contribution < 1.29 is 48.7 Å². The first kappa shape index (κ1) is 15.3. The third-order valence-corrected chi connectivity index (χ3v) is 2.48. The molecule has 70 valence electrons. The van der Waals surface area contributed by atoms with Crippen molar-refractivity contribution in [3.05, 3.63) is 0 Å². The summed E-state index contributed by atoms with van der Waals surface area (Å²) in [5.74, 6) is -0.246. The second-order valence-electron chi connectivity index (χ2n) is 2.14. The van der Waals surface area contributed by atoms with Crippen LogP contribution in [0.1, 0.15) is 14.8 Å². The summed E-state index contributed by atoms with van der Waals surface area (Å²) < 4.78 is 25.5. The quantitative estimate of drug-likeness (QED) is 0.273. The van der Waals surface area contributed by atoms with Gasteiger partial charge in [0.2, 0.25) is 0 Å². The van der Waals surface area contributed by atoms with E-state index in [1.807, 2.05) is 0 Å². The molecule has 0 amide bonds. The van der Waals surface area contributed by atoms with Gasteiger partial charge < -0.3 is 12.3 Å². The van der Waals surface area contributed by atoms with Crippen LogP contribution in [-0.2, 0) is 14.3 Å². The van der Waals surface area contributed by atoms with Gasteiger partial charge in [-0.2, -0.15) is 8.42 Å². The molecule has 0 aliphatic carbocycles. The summed E-state index contributed by atoms with van der Waals surface area (Å²) in [5, 5.41) is 8.15. The van der Waals surface area contributed by atoms with E-state index < -0.39 is 23.0 Å². The largest absolute Gasteiger partial charge is 1.00 e. The molecule has 0 heterocycles. The van der Waals surface area contributed by atoms with Crippen LogP contribution >= 0.6 is 0 Å². The Labute approximate surface area is 96.2 Å². The number of rotatable bonds is 5. The average Bonchev–Trinajstić information content (AvgIpc) is 1.86. The molecule has 0 fully saturated rings. The maximum Gasteiger partial charge on any atom is 1.00 e. The van der Waals surface area contributed by atoms with Crippen LogP contribution in [0.2, 0.25) is 0 Å². The molecule has 1 atom stereocenters.